The molecule has 5 nitrogen and oxygen atoms in total. The lowest BCUT2D eigenvalue weighted by atomic mass is 10.0. The van der Waals surface area contributed by atoms with E-state index in [-0.39, 0.29) is 34.0 Å². The number of aromatic hydroxyl groups is 2. The molecule has 0 saturated carbocycles. The maximum absolute atomic E-state index is 13.1. The molecule has 0 aliphatic carbocycles. The van der Waals surface area contributed by atoms with Crippen LogP contribution in [-0.4, -0.2) is 45.6 Å². The second-order valence-electron chi connectivity index (χ2n) is 7.71. The van der Waals surface area contributed by atoms with Crippen LogP contribution in [0.2, 0.25) is 5.02 Å². The average molecular weight is 401 g/mol. The van der Waals surface area contributed by atoms with Gasteiger partial charge in [-0.2, -0.15) is 0 Å². The van der Waals surface area contributed by atoms with E-state index in [1.165, 1.54) is 24.5 Å². The zero-order chi connectivity index (χ0) is 19.7. The topological polar surface area (TPSA) is 64.0 Å². The molecule has 0 aromatic heterocycles. The Morgan fingerprint density at radius 2 is 1.82 bits per heavy atom. The van der Waals surface area contributed by atoms with Crippen LogP contribution in [0.25, 0.3) is 0 Å². The third-order valence-electron chi connectivity index (χ3n) is 5.75. The van der Waals surface area contributed by atoms with Gasteiger partial charge in [0, 0.05) is 19.2 Å². The van der Waals surface area contributed by atoms with Gasteiger partial charge in [0.15, 0.2) is 0 Å². The molecule has 2 fully saturated rings. The molecule has 0 radical (unpaired) electrons. The molecule has 0 bridgehead atoms. The van der Waals surface area contributed by atoms with Gasteiger partial charge in [-0.1, -0.05) is 35.9 Å². The van der Waals surface area contributed by atoms with Crippen LogP contribution in [0.4, 0.5) is 0 Å². The van der Waals surface area contributed by atoms with Crippen molar-refractivity contribution in [3.63, 3.8) is 0 Å². The number of carbonyl (C=O) groups excluding carboxylic acids is 1. The Morgan fingerprint density at radius 1 is 1.04 bits per heavy atom. The lowest BCUT2D eigenvalue weighted by molar-refractivity contribution is 0.0732. The van der Waals surface area contributed by atoms with Gasteiger partial charge in [0.05, 0.1) is 16.6 Å². The number of benzene rings is 2. The van der Waals surface area contributed by atoms with E-state index in [1.54, 1.807) is 4.90 Å². The molecule has 2 aliphatic heterocycles. The molecule has 1 unspecified atom stereocenters. The summed E-state index contributed by atoms with van der Waals surface area (Å²) in [5, 5.41) is 19.8. The number of nitrogens with zero attached hydrogens (tertiary/aromatic N) is 2. The maximum atomic E-state index is 13.1. The summed E-state index contributed by atoms with van der Waals surface area (Å²) < 4.78 is 0. The lowest BCUT2D eigenvalue weighted by Crippen LogP contribution is -2.30. The molecule has 2 heterocycles. The van der Waals surface area contributed by atoms with Gasteiger partial charge in [-0.3, -0.25) is 9.69 Å². The van der Waals surface area contributed by atoms with Crippen LogP contribution in [0.5, 0.6) is 11.5 Å². The molecule has 2 saturated heterocycles. The van der Waals surface area contributed by atoms with E-state index in [2.05, 4.69) is 29.2 Å². The van der Waals surface area contributed by atoms with E-state index in [4.69, 9.17) is 11.6 Å². The molecule has 2 aromatic carbocycles. The smallest absolute Gasteiger partial charge is 0.258 e. The zero-order valence-electron chi connectivity index (χ0n) is 15.8. The van der Waals surface area contributed by atoms with E-state index in [0.29, 0.717) is 6.54 Å². The second-order valence-corrected chi connectivity index (χ2v) is 8.11. The number of hydrogen-bond acceptors (Lipinski definition) is 4. The summed E-state index contributed by atoms with van der Waals surface area (Å²) in [4.78, 5) is 17.4. The van der Waals surface area contributed by atoms with Gasteiger partial charge < -0.3 is 15.1 Å². The predicted octanol–water partition coefficient (Wildman–Crippen LogP) is 4.32. The van der Waals surface area contributed by atoms with Crippen molar-refractivity contribution in [1.82, 2.24) is 9.80 Å². The van der Waals surface area contributed by atoms with Gasteiger partial charge in [-0.25, -0.2) is 0 Å². The highest BCUT2D eigenvalue weighted by molar-refractivity contribution is 6.32. The first-order valence-electron chi connectivity index (χ1n) is 9.86. The lowest BCUT2D eigenvalue weighted by Gasteiger charge is -2.26. The van der Waals surface area contributed by atoms with E-state index in [9.17, 15) is 15.0 Å². The van der Waals surface area contributed by atoms with Crippen LogP contribution in [-0.2, 0) is 6.54 Å². The van der Waals surface area contributed by atoms with Crippen molar-refractivity contribution in [1.29, 1.82) is 0 Å². The number of hydrogen-bond donors (Lipinski definition) is 2. The number of rotatable bonds is 4. The minimum absolute atomic E-state index is 0.0157. The summed E-state index contributed by atoms with van der Waals surface area (Å²) in [6, 6.07) is 10.9. The van der Waals surface area contributed by atoms with Crippen LogP contribution in [0.15, 0.2) is 36.4 Å². The fraction of sp³-hybridized carbons (Fsp3) is 0.409. The molecule has 28 heavy (non-hydrogen) atoms. The summed E-state index contributed by atoms with van der Waals surface area (Å²) in [5.41, 5.74) is 2.53. The molecule has 6 heteroatoms. The number of amides is 1. The minimum atomic E-state index is -0.258. The Labute approximate surface area is 170 Å². The summed E-state index contributed by atoms with van der Waals surface area (Å²) in [5.74, 6) is -0.740. The third kappa shape index (κ3) is 3.82. The molecule has 4 rings (SSSR count). The van der Waals surface area contributed by atoms with Crippen LogP contribution in [0.3, 0.4) is 0 Å². The highest BCUT2D eigenvalue weighted by Gasteiger charge is 2.32. The van der Waals surface area contributed by atoms with Crippen molar-refractivity contribution in [3.05, 3.63) is 58.1 Å². The molecular formula is C22H25ClN2O3. The van der Waals surface area contributed by atoms with Gasteiger partial charge >= 0.3 is 0 Å². The second kappa shape index (κ2) is 8.02. The van der Waals surface area contributed by atoms with E-state index in [0.717, 1.165) is 44.1 Å². The largest absolute Gasteiger partial charge is 0.507 e. The molecular weight excluding hydrogens is 376 g/mol. The Balaban J connectivity index is 1.56. The van der Waals surface area contributed by atoms with Crippen LogP contribution in [0, 0.1) is 0 Å². The molecule has 0 spiro atoms. The highest BCUT2D eigenvalue weighted by atomic mass is 35.5. The zero-order valence-corrected chi connectivity index (χ0v) is 16.5. The molecule has 2 aromatic rings. The van der Waals surface area contributed by atoms with E-state index in [1.807, 2.05) is 0 Å². The first-order valence-corrected chi connectivity index (χ1v) is 10.2. The monoisotopic (exact) mass is 400 g/mol. The maximum Gasteiger partial charge on any atom is 0.258 e. The van der Waals surface area contributed by atoms with Gasteiger partial charge in [-0.15, -0.1) is 0 Å². The Bertz CT molecular complexity index is 880. The van der Waals surface area contributed by atoms with E-state index >= 15 is 0 Å². The highest BCUT2D eigenvalue weighted by Crippen LogP contribution is 2.37. The van der Waals surface area contributed by atoms with Crippen molar-refractivity contribution < 1.29 is 15.0 Å². The number of phenolic OH excluding ortho intramolecular Hbond substituents is 2. The van der Waals surface area contributed by atoms with Gasteiger partial charge in [-0.05, 0) is 56.0 Å². The number of phenols is 2. The number of likely N-dealkylation sites (tertiary alicyclic amines) is 2. The van der Waals surface area contributed by atoms with Gasteiger partial charge in [0.2, 0.25) is 0 Å². The fourth-order valence-corrected chi connectivity index (χ4v) is 4.49. The normalized spacial score (nSPS) is 20.0. The average Bonchev–Trinajstić information content (AvgIpc) is 3.36. The summed E-state index contributed by atoms with van der Waals surface area (Å²) in [6.07, 6.45) is 4.34. The predicted molar refractivity (Wildman–Crippen MR) is 109 cm³/mol. The van der Waals surface area contributed by atoms with Crippen molar-refractivity contribution >= 4 is 17.5 Å². The van der Waals surface area contributed by atoms with Crippen molar-refractivity contribution in [2.24, 2.45) is 0 Å². The summed E-state index contributed by atoms with van der Waals surface area (Å²) in [6.45, 7) is 3.89. The van der Waals surface area contributed by atoms with Gasteiger partial charge in [0.25, 0.3) is 5.91 Å². The molecule has 1 atom stereocenters. The number of carbonyl (C=O) groups is 1. The van der Waals surface area contributed by atoms with Crippen molar-refractivity contribution in [3.8, 4) is 11.5 Å². The van der Waals surface area contributed by atoms with Crippen molar-refractivity contribution in [2.45, 2.75) is 38.3 Å². The number of halogens is 1. The Hall–Kier alpha value is -2.24. The molecule has 148 valence electrons. The third-order valence-corrected chi connectivity index (χ3v) is 6.05. The fourth-order valence-electron chi connectivity index (χ4n) is 4.33. The standard InChI is InChI=1S/C22H25ClN2O3/c23-18-12-17(20(26)13-21(18)27)22(28)25-10-4-7-19(25)16-6-3-5-15(11-16)14-24-8-1-2-9-24/h3,5-6,11-13,19,26-27H,1-2,4,7-10,14H2. The minimum Gasteiger partial charge on any atom is -0.507 e. The van der Waals surface area contributed by atoms with Crippen LogP contribution >= 0.6 is 11.6 Å². The van der Waals surface area contributed by atoms with Crippen LogP contribution in [0.1, 0.15) is 53.2 Å². The quantitative estimate of drug-likeness (QED) is 0.802. The van der Waals surface area contributed by atoms with Crippen LogP contribution < -0.4 is 0 Å². The molecule has 2 aliphatic rings. The van der Waals surface area contributed by atoms with E-state index < -0.39 is 0 Å². The van der Waals surface area contributed by atoms with Gasteiger partial charge in [0.1, 0.15) is 11.5 Å². The Morgan fingerprint density at radius 3 is 2.61 bits per heavy atom. The first kappa shape index (κ1) is 19.1. The summed E-state index contributed by atoms with van der Waals surface area (Å²) in [7, 11) is 0. The first-order chi connectivity index (χ1) is 13.5. The molecule has 2 N–H and O–H groups in total. The van der Waals surface area contributed by atoms with Crippen molar-refractivity contribution in [2.75, 3.05) is 19.6 Å². The summed E-state index contributed by atoms with van der Waals surface area (Å²) >= 11 is 5.96. The Kier molecular flexibility index (Phi) is 5.47. The SMILES string of the molecule is O=C(c1cc(Cl)c(O)cc1O)N1CCCC1c1cccc(CN2CCCC2)c1. The molecule has 1 amide bonds.